The third-order valence-corrected chi connectivity index (χ3v) is 8.87. The van der Waals surface area contributed by atoms with Crippen molar-refractivity contribution >= 4 is 5.97 Å². The Morgan fingerprint density at radius 2 is 0.821 bits per heavy atom. The monoisotopic (exact) mass is 551 g/mol. The number of hydrogen-bond acceptors (Lipinski definition) is 2. The summed E-state index contributed by atoms with van der Waals surface area (Å²) >= 11 is 0. The molecule has 0 aliphatic rings. The predicted molar refractivity (Wildman–Crippen MR) is 174 cm³/mol. The number of rotatable bonds is 30. The molecule has 0 aromatic carbocycles. The van der Waals surface area contributed by atoms with E-state index in [1.165, 1.54) is 141 Å². The summed E-state index contributed by atoms with van der Waals surface area (Å²) in [6.07, 6.45) is 32.9. The average Bonchev–Trinajstić information content (AvgIpc) is 2.88. The molecule has 0 radical (unpaired) electrons. The zero-order valence-corrected chi connectivity index (χ0v) is 28.0. The third-order valence-electron chi connectivity index (χ3n) is 8.87. The Labute approximate surface area is 247 Å². The van der Waals surface area contributed by atoms with E-state index < -0.39 is 0 Å². The van der Waals surface area contributed by atoms with Crippen LogP contribution in [0.2, 0.25) is 0 Å². The van der Waals surface area contributed by atoms with Crippen LogP contribution in [-0.2, 0) is 9.53 Å². The van der Waals surface area contributed by atoms with Gasteiger partial charge in [0.25, 0.3) is 0 Å². The molecule has 0 aromatic heterocycles. The molecule has 0 spiro atoms. The second-order valence-electron chi connectivity index (χ2n) is 13.9. The first-order chi connectivity index (χ1) is 18.8. The van der Waals surface area contributed by atoms with Crippen LogP contribution in [0.4, 0.5) is 0 Å². The molecule has 2 heteroatoms. The highest BCUT2D eigenvalue weighted by molar-refractivity contribution is 5.69. The van der Waals surface area contributed by atoms with Crippen molar-refractivity contribution < 1.29 is 9.53 Å². The Kier molecular flexibility index (Phi) is 28.6. The minimum Gasteiger partial charge on any atom is -0.466 e. The summed E-state index contributed by atoms with van der Waals surface area (Å²) in [4.78, 5) is 12.1. The van der Waals surface area contributed by atoms with Crippen LogP contribution in [-0.4, -0.2) is 12.6 Å². The highest BCUT2D eigenvalue weighted by Crippen LogP contribution is 2.23. The van der Waals surface area contributed by atoms with E-state index in [9.17, 15) is 4.79 Å². The molecule has 0 heterocycles. The van der Waals surface area contributed by atoms with E-state index in [4.69, 9.17) is 4.74 Å². The van der Waals surface area contributed by atoms with Gasteiger partial charge in [-0.05, 0) is 36.5 Å². The van der Waals surface area contributed by atoms with Gasteiger partial charge >= 0.3 is 5.97 Å². The normalized spacial score (nSPS) is 14.0. The summed E-state index contributed by atoms with van der Waals surface area (Å²) < 4.78 is 5.53. The van der Waals surface area contributed by atoms with Gasteiger partial charge in [-0.2, -0.15) is 0 Å². The minimum atomic E-state index is 0.0215. The molecule has 0 N–H and O–H groups in total. The van der Waals surface area contributed by atoms with Gasteiger partial charge in [0.2, 0.25) is 0 Å². The molecule has 0 fully saturated rings. The lowest BCUT2D eigenvalue weighted by Crippen LogP contribution is -2.09. The average molecular weight is 551 g/mol. The lowest BCUT2D eigenvalue weighted by Gasteiger charge is -2.16. The topological polar surface area (TPSA) is 26.3 Å². The van der Waals surface area contributed by atoms with E-state index in [1.54, 1.807) is 0 Å². The second-order valence-corrected chi connectivity index (χ2v) is 13.9. The van der Waals surface area contributed by atoms with Crippen LogP contribution < -0.4 is 0 Å². The SMILES string of the molecule is CCCCCCCCCCCCCCCCC(=O)OCCC(C)CCCC(C)CCCC(C)CCCC(C)C. The van der Waals surface area contributed by atoms with E-state index in [0.29, 0.717) is 18.9 Å². The maximum Gasteiger partial charge on any atom is 0.305 e. The van der Waals surface area contributed by atoms with Crippen molar-refractivity contribution in [3.63, 3.8) is 0 Å². The highest BCUT2D eigenvalue weighted by Gasteiger charge is 2.09. The first-order valence-corrected chi connectivity index (χ1v) is 18.0. The van der Waals surface area contributed by atoms with Gasteiger partial charge < -0.3 is 4.74 Å². The molecule has 0 aliphatic heterocycles. The first kappa shape index (κ1) is 38.5. The van der Waals surface area contributed by atoms with Crippen molar-refractivity contribution in [2.24, 2.45) is 23.7 Å². The van der Waals surface area contributed by atoms with Crippen LogP contribution in [0.3, 0.4) is 0 Å². The summed E-state index contributed by atoms with van der Waals surface area (Å²) in [7, 11) is 0. The fourth-order valence-corrected chi connectivity index (χ4v) is 5.85. The molecular weight excluding hydrogens is 476 g/mol. The van der Waals surface area contributed by atoms with Gasteiger partial charge in [0.05, 0.1) is 6.61 Å². The Bertz CT molecular complexity index is 500. The summed E-state index contributed by atoms with van der Waals surface area (Å²) in [5.74, 6) is 3.28. The smallest absolute Gasteiger partial charge is 0.305 e. The molecule has 0 amide bonds. The number of esters is 1. The molecule has 39 heavy (non-hydrogen) atoms. The molecule has 0 bridgehead atoms. The Morgan fingerprint density at radius 1 is 0.462 bits per heavy atom. The Balaban J connectivity index is 3.45. The summed E-state index contributed by atoms with van der Waals surface area (Å²) in [5.41, 5.74) is 0. The summed E-state index contributed by atoms with van der Waals surface area (Å²) in [6, 6.07) is 0. The highest BCUT2D eigenvalue weighted by atomic mass is 16.5. The number of carbonyl (C=O) groups is 1. The number of hydrogen-bond donors (Lipinski definition) is 0. The van der Waals surface area contributed by atoms with Crippen LogP contribution in [0.1, 0.15) is 202 Å². The fraction of sp³-hybridized carbons (Fsp3) is 0.973. The van der Waals surface area contributed by atoms with Gasteiger partial charge in [-0.25, -0.2) is 0 Å². The zero-order chi connectivity index (χ0) is 29.0. The molecule has 0 aliphatic carbocycles. The molecule has 0 aromatic rings. The van der Waals surface area contributed by atoms with Gasteiger partial charge in [-0.15, -0.1) is 0 Å². The molecule has 234 valence electrons. The van der Waals surface area contributed by atoms with Gasteiger partial charge in [0, 0.05) is 6.42 Å². The molecule has 0 rings (SSSR count). The van der Waals surface area contributed by atoms with Crippen molar-refractivity contribution in [2.45, 2.75) is 202 Å². The first-order valence-electron chi connectivity index (χ1n) is 18.0. The number of ether oxygens (including phenoxy) is 1. The largest absolute Gasteiger partial charge is 0.466 e. The van der Waals surface area contributed by atoms with Crippen molar-refractivity contribution in [2.75, 3.05) is 6.61 Å². The molecule has 3 atom stereocenters. The Morgan fingerprint density at radius 3 is 1.23 bits per heavy atom. The van der Waals surface area contributed by atoms with E-state index >= 15 is 0 Å². The van der Waals surface area contributed by atoms with Crippen molar-refractivity contribution in [1.82, 2.24) is 0 Å². The predicted octanol–water partition coefficient (Wildman–Crippen LogP) is 12.9. The summed E-state index contributed by atoms with van der Waals surface area (Å²) in [6.45, 7) is 14.8. The lowest BCUT2D eigenvalue weighted by atomic mass is 9.91. The van der Waals surface area contributed by atoms with Crippen molar-refractivity contribution in [3.05, 3.63) is 0 Å². The van der Waals surface area contributed by atoms with E-state index in [2.05, 4.69) is 41.5 Å². The van der Waals surface area contributed by atoms with Gasteiger partial charge in [0.15, 0.2) is 0 Å². The molecule has 0 saturated heterocycles. The van der Waals surface area contributed by atoms with Gasteiger partial charge in [-0.3, -0.25) is 4.79 Å². The minimum absolute atomic E-state index is 0.0215. The van der Waals surface area contributed by atoms with E-state index in [1.807, 2.05) is 0 Å². The number of unbranched alkanes of at least 4 members (excludes halogenated alkanes) is 13. The van der Waals surface area contributed by atoms with Crippen LogP contribution >= 0.6 is 0 Å². The van der Waals surface area contributed by atoms with E-state index in [0.717, 1.165) is 30.6 Å². The standard InChI is InChI=1S/C37H74O2/c1-7-8-9-10-11-12-13-14-15-16-17-18-19-20-30-37(38)39-32-31-36(6)29-23-28-35(5)27-22-26-34(4)25-21-24-33(2)3/h33-36H,7-32H2,1-6H3. The van der Waals surface area contributed by atoms with E-state index in [-0.39, 0.29) is 5.97 Å². The zero-order valence-electron chi connectivity index (χ0n) is 28.0. The van der Waals surface area contributed by atoms with Crippen LogP contribution in [0.25, 0.3) is 0 Å². The van der Waals surface area contributed by atoms with Crippen molar-refractivity contribution in [1.29, 1.82) is 0 Å². The van der Waals surface area contributed by atoms with Crippen LogP contribution in [0.5, 0.6) is 0 Å². The molecular formula is C37H74O2. The van der Waals surface area contributed by atoms with Crippen LogP contribution in [0, 0.1) is 23.7 Å². The summed E-state index contributed by atoms with van der Waals surface area (Å²) in [5, 5.41) is 0. The Hall–Kier alpha value is -0.530. The van der Waals surface area contributed by atoms with Gasteiger partial charge in [0.1, 0.15) is 0 Å². The molecule has 0 saturated carbocycles. The van der Waals surface area contributed by atoms with Crippen molar-refractivity contribution in [3.8, 4) is 0 Å². The quantitative estimate of drug-likeness (QED) is 0.0656. The maximum absolute atomic E-state index is 12.1. The van der Waals surface area contributed by atoms with Gasteiger partial charge in [-0.1, -0.05) is 183 Å². The second kappa shape index (κ2) is 29.0. The van der Waals surface area contributed by atoms with Crippen LogP contribution in [0.15, 0.2) is 0 Å². The number of carbonyl (C=O) groups excluding carboxylic acids is 1. The molecule has 2 nitrogen and oxygen atoms in total. The lowest BCUT2D eigenvalue weighted by molar-refractivity contribution is -0.144. The maximum atomic E-state index is 12.1. The third kappa shape index (κ3) is 30.3. The molecule has 3 unspecified atom stereocenters. The fourth-order valence-electron chi connectivity index (χ4n) is 5.85.